The van der Waals surface area contributed by atoms with Crippen LogP contribution in [0, 0.1) is 11.3 Å². The van der Waals surface area contributed by atoms with Gasteiger partial charge < -0.3 is 9.80 Å². The molecule has 0 atom stereocenters. The van der Waals surface area contributed by atoms with Crippen LogP contribution in [0.2, 0.25) is 0 Å². The number of amides is 2. The fourth-order valence-electron chi connectivity index (χ4n) is 4.95. The number of carbonyl (C=O) groups is 2. The minimum atomic E-state index is -4.73. The number of hydrogen-bond donors (Lipinski definition) is 0. The quantitative estimate of drug-likeness (QED) is 0.326. The first-order valence-electron chi connectivity index (χ1n) is 12.8. The molecule has 2 amide bonds. The lowest BCUT2D eigenvalue weighted by Gasteiger charge is -2.34. The summed E-state index contributed by atoms with van der Waals surface area (Å²) in [7, 11) is 0. The van der Waals surface area contributed by atoms with Crippen molar-refractivity contribution in [3.63, 3.8) is 0 Å². The fraction of sp³-hybridized carbons (Fsp3) is 0.481. The van der Waals surface area contributed by atoms with Crippen LogP contribution in [0.4, 0.5) is 18.9 Å². The molecule has 4 rings (SSSR count). The molecule has 2 saturated heterocycles. The Morgan fingerprint density at radius 1 is 1.10 bits per heavy atom. The van der Waals surface area contributed by atoms with Crippen LogP contribution in [0.5, 0.6) is 0 Å². The molecule has 3 heterocycles. The predicted molar refractivity (Wildman–Crippen MR) is 148 cm³/mol. The zero-order valence-corrected chi connectivity index (χ0v) is 23.5. The van der Waals surface area contributed by atoms with E-state index in [2.05, 4.69) is 4.90 Å². The summed E-state index contributed by atoms with van der Waals surface area (Å²) in [5, 5.41) is 11.1. The number of unbranched alkanes of at least 4 members (excludes halogenated alkanes) is 2. The number of piperazine rings is 1. The molecule has 0 spiro atoms. The molecular formula is C27H30F3N5O2S2. The van der Waals surface area contributed by atoms with Gasteiger partial charge >= 0.3 is 6.18 Å². The average Bonchev–Trinajstić information content (AvgIpc) is 3.49. The van der Waals surface area contributed by atoms with Gasteiger partial charge in [0.2, 0.25) is 0 Å². The van der Waals surface area contributed by atoms with E-state index in [0.29, 0.717) is 19.6 Å². The van der Waals surface area contributed by atoms with E-state index in [1.165, 1.54) is 17.4 Å². The molecule has 208 valence electrons. The van der Waals surface area contributed by atoms with Crippen molar-refractivity contribution in [3.05, 3.63) is 51.7 Å². The van der Waals surface area contributed by atoms with Crippen molar-refractivity contribution < 1.29 is 22.8 Å². The monoisotopic (exact) mass is 577 g/mol. The van der Waals surface area contributed by atoms with E-state index < -0.39 is 28.7 Å². The number of anilines is 1. The topological polar surface area (TPSA) is 70.9 Å². The molecule has 7 nitrogen and oxygen atoms in total. The highest BCUT2D eigenvalue weighted by atomic mass is 32.1. The minimum Gasteiger partial charge on any atom is -0.335 e. The number of nitriles is 1. The molecule has 39 heavy (non-hydrogen) atoms. The van der Waals surface area contributed by atoms with Crippen molar-refractivity contribution in [3.8, 4) is 6.07 Å². The summed E-state index contributed by atoms with van der Waals surface area (Å²) in [6.45, 7) is 7.90. The summed E-state index contributed by atoms with van der Waals surface area (Å²) in [6.07, 6.45) is -2.12. The molecule has 0 bridgehead atoms. The van der Waals surface area contributed by atoms with Crippen molar-refractivity contribution in [2.45, 2.75) is 44.8 Å². The van der Waals surface area contributed by atoms with Crippen LogP contribution in [0.25, 0.3) is 0 Å². The lowest BCUT2D eigenvalue weighted by molar-refractivity contribution is -0.137. The van der Waals surface area contributed by atoms with Crippen LogP contribution < -0.4 is 4.90 Å². The van der Waals surface area contributed by atoms with Gasteiger partial charge in [0.25, 0.3) is 11.8 Å². The highest BCUT2D eigenvalue weighted by molar-refractivity contribution is 7.80. The Hall–Kier alpha value is -3.01. The standard InChI is InChI=1S/C27H30F3N5O2S2/c1-26(2)24(37)35(20-9-8-19(18-31)21(17-20)27(28,29)30)25(38)34(26)11-5-3-4-10-32-12-14-33(15-13-32)23(36)22-7-6-16-39-22/h6-9,16-17H,3-5,10-15H2,1-2H3. The zero-order valence-electron chi connectivity index (χ0n) is 21.8. The van der Waals surface area contributed by atoms with Crippen LogP contribution >= 0.6 is 23.6 Å². The normalized spacial score (nSPS) is 18.1. The van der Waals surface area contributed by atoms with E-state index in [1.54, 1.807) is 24.8 Å². The van der Waals surface area contributed by atoms with Gasteiger partial charge in [-0.05, 0) is 75.1 Å². The second-order valence-corrected chi connectivity index (χ2v) is 11.5. The summed E-state index contributed by atoms with van der Waals surface area (Å²) in [5.74, 6) is -0.312. The largest absolute Gasteiger partial charge is 0.417 e. The van der Waals surface area contributed by atoms with Gasteiger partial charge in [-0.3, -0.25) is 19.4 Å². The Morgan fingerprint density at radius 3 is 2.41 bits per heavy atom. The van der Waals surface area contributed by atoms with Gasteiger partial charge in [0.05, 0.1) is 27.8 Å². The smallest absolute Gasteiger partial charge is 0.335 e. The highest BCUT2D eigenvalue weighted by Crippen LogP contribution is 2.38. The number of alkyl halides is 3. The molecule has 0 unspecified atom stereocenters. The molecule has 0 saturated carbocycles. The fourth-order valence-corrected chi connectivity index (χ4v) is 6.15. The van der Waals surface area contributed by atoms with Gasteiger partial charge in [-0.2, -0.15) is 18.4 Å². The second-order valence-electron chi connectivity index (χ2n) is 10.1. The zero-order chi connectivity index (χ0) is 28.4. The van der Waals surface area contributed by atoms with E-state index in [-0.39, 0.29) is 16.7 Å². The SMILES string of the molecule is CC1(C)C(=O)N(c2ccc(C#N)c(C(F)(F)F)c2)C(=S)N1CCCCCN1CCN(C(=O)c2cccs2)CC1. The number of hydrogen-bond acceptors (Lipinski definition) is 6. The first kappa shape index (κ1) is 29.0. The van der Waals surface area contributed by atoms with Crippen molar-refractivity contribution in [2.24, 2.45) is 0 Å². The van der Waals surface area contributed by atoms with Crippen molar-refractivity contribution in [1.82, 2.24) is 14.7 Å². The molecule has 2 aromatic rings. The predicted octanol–water partition coefficient (Wildman–Crippen LogP) is 4.98. The summed E-state index contributed by atoms with van der Waals surface area (Å²) >= 11 is 7.01. The van der Waals surface area contributed by atoms with Crippen LogP contribution in [0.15, 0.2) is 35.7 Å². The van der Waals surface area contributed by atoms with E-state index in [9.17, 15) is 22.8 Å². The van der Waals surface area contributed by atoms with Crippen LogP contribution in [0.1, 0.15) is 53.9 Å². The van der Waals surface area contributed by atoms with Gasteiger partial charge in [0.15, 0.2) is 5.11 Å². The molecule has 2 aliphatic heterocycles. The van der Waals surface area contributed by atoms with Gasteiger partial charge in [-0.1, -0.05) is 12.5 Å². The molecule has 2 aliphatic rings. The van der Waals surface area contributed by atoms with Gasteiger partial charge in [0.1, 0.15) is 5.54 Å². The van der Waals surface area contributed by atoms with Gasteiger partial charge in [-0.25, -0.2) is 0 Å². The van der Waals surface area contributed by atoms with E-state index in [4.69, 9.17) is 17.5 Å². The Bertz CT molecular complexity index is 1270. The third-order valence-electron chi connectivity index (χ3n) is 7.26. The van der Waals surface area contributed by atoms with Crippen LogP contribution in [-0.2, 0) is 11.0 Å². The minimum absolute atomic E-state index is 0.00334. The Morgan fingerprint density at radius 2 is 1.79 bits per heavy atom. The summed E-state index contributed by atoms with van der Waals surface area (Å²) in [6, 6.07) is 8.50. The van der Waals surface area contributed by atoms with E-state index in [1.807, 2.05) is 22.4 Å². The van der Waals surface area contributed by atoms with E-state index in [0.717, 1.165) is 60.8 Å². The number of carbonyl (C=O) groups excluding carboxylic acids is 2. The number of thiophene rings is 1. The summed E-state index contributed by atoms with van der Waals surface area (Å²) in [4.78, 5) is 33.7. The third kappa shape index (κ3) is 6.10. The summed E-state index contributed by atoms with van der Waals surface area (Å²) in [5.41, 5.74) is -2.60. The summed E-state index contributed by atoms with van der Waals surface area (Å²) < 4.78 is 40.5. The first-order valence-corrected chi connectivity index (χ1v) is 14.1. The molecule has 1 aromatic carbocycles. The van der Waals surface area contributed by atoms with Gasteiger partial charge in [0, 0.05) is 32.7 Å². The van der Waals surface area contributed by atoms with Crippen LogP contribution in [-0.4, -0.2) is 76.4 Å². The number of halogens is 3. The van der Waals surface area contributed by atoms with Crippen molar-refractivity contribution >= 4 is 46.2 Å². The third-order valence-corrected chi connectivity index (χ3v) is 8.52. The maximum absolute atomic E-state index is 13.5. The second kappa shape index (κ2) is 11.6. The highest BCUT2D eigenvalue weighted by Gasteiger charge is 2.49. The maximum atomic E-state index is 13.5. The average molecular weight is 578 g/mol. The first-order chi connectivity index (χ1) is 18.4. The lowest BCUT2D eigenvalue weighted by Crippen LogP contribution is -2.48. The molecule has 0 N–H and O–H groups in total. The van der Waals surface area contributed by atoms with Crippen molar-refractivity contribution in [1.29, 1.82) is 5.26 Å². The molecule has 12 heteroatoms. The molecule has 1 aromatic heterocycles. The van der Waals surface area contributed by atoms with Gasteiger partial charge in [-0.15, -0.1) is 11.3 Å². The van der Waals surface area contributed by atoms with Crippen LogP contribution in [0.3, 0.4) is 0 Å². The number of benzene rings is 1. The number of rotatable bonds is 8. The lowest BCUT2D eigenvalue weighted by atomic mass is 10.0. The number of nitrogens with zero attached hydrogens (tertiary/aromatic N) is 5. The Labute approximate surface area is 235 Å². The Kier molecular flexibility index (Phi) is 8.63. The Balaban J connectivity index is 1.28. The molecule has 0 radical (unpaired) electrons. The maximum Gasteiger partial charge on any atom is 0.417 e. The van der Waals surface area contributed by atoms with Crippen molar-refractivity contribution in [2.75, 3.05) is 44.2 Å². The molecule has 0 aliphatic carbocycles. The molecular weight excluding hydrogens is 547 g/mol. The molecule has 2 fully saturated rings. The number of thiocarbonyl (C=S) groups is 1. The van der Waals surface area contributed by atoms with E-state index >= 15 is 0 Å².